The molecule has 4 atom stereocenters. The van der Waals surface area contributed by atoms with Gasteiger partial charge in [0.15, 0.2) is 5.78 Å². The third kappa shape index (κ3) is 13.9. The first kappa shape index (κ1) is 39.6. The second kappa shape index (κ2) is 20.0. The summed E-state index contributed by atoms with van der Waals surface area (Å²) in [5.74, 6) is -3.07. The summed E-state index contributed by atoms with van der Waals surface area (Å²) in [5, 5.41) is 21.4. The molecule has 0 aromatic heterocycles. The Labute approximate surface area is 293 Å². The van der Waals surface area contributed by atoms with E-state index in [0.29, 0.717) is 39.1 Å². The third-order valence-electron chi connectivity index (χ3n) is 8.18. The van der Waals surface area contributed by atoms with E-state index in [2.05, 4.69) is 21.3 Å². The summed E-state index contributed by atoms with van der Waals surface area (Å²) in [6.45, 7) is 7.03. The molecule has 5 N–H and O–H groups in total. The average Bonchev–Trinajstić information content (AvgIpc) is 3.09. The maximum atomic E-state index is 13.6. The second-order valence-electron chi connectivity index (χ2n) is 13.0. The van der Waals surface area contributed by atoms with Crippen molar-refractivity contribution in [3.05, 3.63) is 71.8 Å². The van der Waals surface area contributed by atoms with Crippen LogP contribution in [0.4, 0.5) is 0 Å². The molecule has 3 rings (SSSR count). The summed E-state index contributed by atoms with van der Waals surface area (Å²) in [6.07, 6.45) is 1.19. The standard InChI is InChI=1S/C36H50ClN5O7/c1-25(2)20-29(33(45)36(3,48)24-37)41-35(47)30(21-27-12-8-5-9-13-27)40-31(43)22-38-34(46)28(15-14-26-10-6-4-7-11-26)39-32(44)23-42-16-18-49-19-17-42/h4-13,25,28-30,48H,14-24H2,1-3H3,(H,38,46)(H,39,44)(H,40,43)(H,41,47)/t28-,29-,30-,36?/m0/s1. The topological polar surface area (TPSA) is 166 Å². The SMILES string of the molecule is CC(C)C[C@H](NC(=O)[C@H](Cc1ccccc1)NC(=O)CNC(=O)[C@H](CCc1ccccc1)NC(=O)CN1CCOCC1)C(=O)C(C)(O)CCl. The van der Waals surface area contributed by atoms with Crippen LogP contribution in [0.5, 0.6) is 0 Å². The van der Waals surface area contributed by atoms with Gasteiger partial charge in [0.2, 0.25) is 23.6 Å². The lowest BCUT2D eigenvalue weighted by Crippen LogP contribution is -2.57. The fourth-order valence-electron chi connectivity index (χ4n) is 5.44. The van der Waals surface area contributed by atoms with Crippen molar-refractivity contribution in [2.24, 2.45) is 5.92 Å². The zero-order valence-corrected chi connectivity index (χ0v) is 29.3. The molecule has 12 nitrogen and oxygen atoms in total. The van der Waals surface area contributed by atoms with Gasteiger partial charge in [0.1, 0.15) is 17.7 Å². The van der Waals surface area contributed by atoms with E-state index in [1.54, 1.807) is 24.3 Å². The predicted octanol–water partition coefficient (Wildman–Crippen LogP) is 1.37. The molecule has 1 unspecified atom stereocenters. The fraction of sp³-hybridized carbons (Fsp3) is 0.528. The second-order valence-corrected chi connectivity index (χ2v) is 13.3. The Morgan fingerprint density at radius 2 is 1.43 bits per heavy atom. The first-order valence-corrected chi connectivity index (χ1v) is 17.3. The van der Waals surface area contributed by atoms with Crippen molar-refractivity contribution < 1.29 is 33.8 Å². The molecule has 2 aromatic rings. The van der Waals surface area contributed by atoms with Gasteiger partial charge in [-0.1, -0.05) is 74.5 Å². The normalized spacial score (nSPS) is 16.4. The Hall–Kier alpha value is -3.84. The summed E-state index contributed by atoms with van der Waals surface area (Å²) in [4.78, 5) is 68.2. The number of benzene rings is 2. The summed E-state index contributed by atoms with van der Waals surface area (Å²) in [5.41, 5.74) is -0.0987. The number of rotatable bonds is 19. The number of alkyl halides is 1. The summed E-state index contributed by atoms with van der Waals surface area (Å²) >= 11 is 5.84. The molecule has 1 saturated heterocycles. The number of hydrogen-bond donors (Lipinski definition) is 5. The Morgan fingerprint density at radius 1 is 0.837 bits per heavy atom. The van der Waals surface area contributed by atoms with Crippen molar-refractivity contribution in [1.29, 1.82) is 0 Å². The lowest BCUT2D eigenvalue weighted by molar-refractivity contribution is -0.139. The highest BCUT2D eigenvalue weighted by molar-refractivity contribution is 6.20. The van der Waals surface area contributed by atoms with Gasteiger partial charge in [-0.2, -0.15) is 0 Å². The number of ether oxygens (including phenoxy) is 1. The van der Waals surface area contributed by atoms with Gasteiger partial charge in [0, 0.05) is 19.5 Å². The molecule has 2 aromatic carbocycles. The van der Waals surface area contributed by atoms with E-state index in [4.69, 9.17) is 16.3 Å². The average molecular weight is 700 g/mol. The number of nitrogens with one attached hydrogen (secondary N) is 4. The van der Waals surface area contributed by atoms with Crippen molar-refractivity contribution in [3.8, 4) is 0 Å². The molecule has 0 saturated carbocycles. The van der Waals surface area contributed by atoms with Crippen LogP contribution in [0.25, 0.3) is 0 Å². The number of nitrogens with zero attached hydrogens (tertiary/aromatic N) is 1. The maximum absolute atomic E-state index is 13.6. The van der Waals surface area contributed by atoms with Crippen LogP contribution in [0, 0.1) is 5.92 Å². The molecule has 49 heavy (non-hydrogen) atoms. The van der Waals surface area contributed by atoms with Crippen molar-refractivity contribution in [2.45, 2.75) is 70.2 Å². The van der Waals surface area contributed by atoms with E-state index in [1.807, 2.05) is 55.1 Å². The number of amides is 4. The zero-order valence-electron chi connectivity index (χ0n) is 28.6. The first-order chi connectivity index (χ1) is 23.4. The molecule has 0 spiro atoms. The van der Waals surface area contributed by atoms with Crippen molar-refractivity contribution in [2.75, 3.05) is 45.3 Å². The quantitative estimate of drug-likeness (QED) is 0.137. The largest absolute Gasteiger partial charge is 0.381 e. The number of aliphatic hydroxyl groups is 1. The maximum Gasteiger partial charge on any atom is 0.243 e. The van der Waals surface area contributed by atoms with Crippen LogP contribution in [-0.4, -0.2) is 108 Å². The van der Waals surface area contributed by atoms with Gasteiger partial charge in [0.25, 0.3) is 0 Å². The van der Waals surface area contributed by atoms with Crippen molar-refractivity contribution in [3.63, 3.8) is 0 Å². The molecule has 13 heteroatoms. The van der Waals surface area contributed by atoms with Crippen LogP contribution >= 0.6 is 11.6 Å². The van der Waals surface area contributed by atoms with E-state index < -0.39 is 53.8 Å². The predicted molar refractivity (Wildman–Crippen MR) is 187 cm³/mol. The lowest BCUT2D eigenvalue weighted by Gasteiger charge is -2.29. The van der Waals surface area contributed by atoms with Crippen LogP contribution in [0.1, 0.15) is 44.7 Å². The number of Topliss-reactive ketones (excluding diaryl/α,β-unsaturated/α-hetero) is 1. The number of aryl methyl sites for hydroxylation is 1. The van der Waals surface area contributed by atoms with Crippen LogP contribution in [-0.2, 0) is 41.6 Å². The van der Waals surface area contributed by atoms with Gasteiger partial charge in [-0.05, 0) is 43.2 Å². The third-order valence-corrected chi connectivity index (χ3v) is 8.70. The Balaban J connectivity index is 1.69. The number of carbonyl (C=O) groups excluding carboxylic acids is 5. The monoisotopic (exact) mass is 699 g/mol. The van der Waals surface area contributed by atoms with Gasteiger partial charge in [-0.25, -0.2) is 0 Å². The van der Waals surface area contributed by atoms with Crippen LogP contribution in [0.15, 0.2) is 60.7 Å². The molecule has 0 aliphatic carbocycles. The highest BCUT2D eigenvalue weighted by Crippen LogP contribution is 2.16. The molecule has 1 heterocycles. The summed E-state index contributed by atoms with van der Waals surface area (Å²) < 4.78 is 5.35. The van der Waals surface area contributed by atoms with E-state index in [9.17, 15) is 29.1 Å². The number of morpholine rings is 1. The van der Waals surface area contributed by atoms with Crippen LogP contribution in [0.2, 0.25) is 0 Å². The van der Waals surface area contributed by atoms with Gasteiger partial charge in [-0.15, -0.1) is 11.6 Å². The first-order valence-electron chi connectivity index (χ1n) is 16.7. The van der Waals surface area contributed by atoms with Gasteiger partial charge in [-0.3, -0.25) is 28.9 Å². The molecular weight excluding hydrogens is 650 g/mol. The smallest absolute Gasteiger partial charge is 0.243 e. The Bertz CT molecular complexity index is 1370. The minimum absolute atomic E-state index is 0.00181. The molecule has 0 bridgehead atoms. The van der Waals surface area contributed by atoms with Crippen molar-refractivity contribution in [1.82, 2.24) is 26.2 Å². The highest BCUT2D eigenvalue weighted by Gasteiger charge is 2.37. The van der Waals surface area contributed by atoms with Crippen LogP contribution in [0.3, 0.4) is 0 Å². The molecule has 4 amide bonds. The van der Waals surface area contributed by atoms with Gasteiger partial charge >= 0.3 is 0 Å². The number of hydrogen-bond acceptors (Lipinski definition) is 8. The lowest BCUT2D eigenvalue weighted by atomic mass is 9.90. The number of carbonyl (C=O) groups is 5. The number of halogens is 1. The minimum atomic E-state index is -1.86. The Morgan fingerprint density at radius 3 is 2.02 bits per heavy atom. The van der Waals surface area contributed by atoms with E-state index in [-0.39, 0.29) is 37.1 Å². The minimum Gasteiger partial charge on any atom is -0.381 e. The van der Waals surface area contributed by atoms with Gasteiger partial charge < -0.3 is 31.1 Å². The molecule has 268 valence electrons. The molecule has 0 radical (unpaired) electrons. The molecule has 1 aliphatic heterocycles. The van der Waals surface area contributed by atoms with E-state index >= 15 is 0 Å². The van der Waals surface area contributed by atoms with E-state index in [1.165, 1.54) is 6.92 Å². The van der Waals surface area contributed by atoms with E-state index in [0.717, 1.165) is 11.1 Å². The highest BCUT2D eigenvalue weighted by atomic mass is 35.5. The molecular formula is C36H50ClN5O7. The summed E-state index contributed by atoms with van der Waals surface area (Å²) in [7, 11) is 0. The van der Waals surface area contributed by atoms with Gasteiger partial charge in [0.05, 0.1) is 38.2 Å². The molecule has 1 aliphatic rings. The Kier molecular flexibility index (Phi) is 16.1. The van der Waals surface area contributed by atoms with Crippen LogP contribution < -0.4 is 21.3 Å². The number of ketones is 1. The summed E-state index contributed by atoms with van der Waals surface area (Å²) in [6, 6.07) is 15.6. The molecule has 1 fully saturated rings. The fourth-order valence-corrected chi connectivity index (χ4v) is 5.57. The zero-order chi connectivity index (χ0) is 35.8. The van der Waals surface area contributed by atoms with Crippen molar-refractivity contribution >= 4 is 41.0 Å².